The molecule has 0 unspecified atom stereocenters. The Balaban J connectivity index is 1.39. The van der Waals surface area contributed by atoms with Gasteiger partial charge in [0.15, 0.2) is 0 Å². The molecule has 166 valence electrons. The number of halogens is 1. The van der Waals surface area contributed by atoms with Gasteiger partial charge in [-0.2, -0.15) is 5.10 Å². The number of aromatic nitrogens is 2. The molecule has 1 aromatic heterocycles. The van der Waals surface area contributed by atoms with Crippen LogP contribution < -0.4 is 10.6 Å². The molecule has 2 amide bonds. The Hall–Kier alpha value is -3.20. The SMILES string of the molecule is Cc1nn(-c2ccccc2)c(Cl)c1C(=O)Nc1ccc(NC(=O)CN2CCOCC2)cc1. The van der Waals surface area contributed by atoms with E-state index >= 15 is 0 Å². The molecule has 1 fully saturated rings. The predicted molar refractivity (Wildman–Crippen MR) is 124 cm³/mol. The normalized spacial score (nSPS) is 14.2. The van der Waals surface area contributed by atoms with E-state index in [2.05, 4.69) is 20.6 Å². The van der Waals surface area contributed by atoms with Crippen molar-refractivity contribution in [3.05, 3.63) is 71.0 Å². The van der Waals surface area contributed by atoms with Crippen LogP contribution in [-0.4, -0.2) is 59.3 Å². The molecule has 0 saturated carbocycles. The lowest BCUT2D eigenvalue weighted by Crippen LogP contribution is -2.41. The number of hydrogen-bond acceptors (Lipinski definition) is 5. The van der Waals surface area contributed by atoms with E-state index in [1.807, 2.05) is 30.3 Å². The second kappa shape index (κ2) is 9.95. The van der Waals surface area contributed by atoms with Gasteiger partial charge in [-0.15, -0.1) is 0 Å². The molecule has 2 N–H and O–H groups in total. The van der Waals surface area contributed by atoms with Gasteiger partial charge in [-0.25, -0.2) is 4.68 Å². The minimum atomic E-state index is -0.348. The van der Waals surface area contributed by atoms with Crippen molar-refractivity contribution in [3.8, 4) is 5.69 Å². The van der Waals surface area contributed by atoms with Crippen molar-refractivity contribution in [1.82, 2.24) is 14.7 Å². The number of morpholine rings is 1. The lowest BCUT2D eigenvalue weighted by Gasteiger charge is -2.25. The molecule has 1 saturated heterocycles. The van der Waals surface area contributed by atoms with Crippen molar-refractivity contribution in [3.63, 3.8) is 0 Å². The van der Waals surface area contributed by atoms with Crippen molar-refractivity contribution in [2.24, 2.45) is 0 Å². The summed E-state index contributed by atoms with van der Waals surface area (Å²) >= 11 is 6.47. The van der Waals surface area contributed by atoms with Crippen LogP contribution in [0, 0.1) is 6.92 Å². The second-order valence-electron chi connectivity index (χ2n) is 7.47. The highest BCUT2D eigenvalue weighted by molar-refractivity contribution is 6.34. The number of hydrogen-bond donors (Lipinski definition) is 2. The van der Waals surface area contributed by atoms with Gasteiger partial charge in [0.05, 0.1) is 31.1 Å². The standard InChI is InChI=1S/C23H24ClN5O3/c1-16-21(22(24)29(27-16)19-5-3-2-4-6-19)23(31)26-18-9-7-17(8-10-18)25-20(30)15-28-11-13-32-14-12-28/h2-10H,11-15H2,1H3,(H,25,30)(H,26,31). The van der Waals surface area contributed by atoms with Crippen LogP contribution in [0.2, 0.25) is 5.15 Å². The summed E-state index contributed by atoms with van der Waals surface area (Å²) in [5, 5.41) is 10.4. The molecular weight excluding hydrogens is 430 g/mol. The summed E-state index contributed by atoms with van der Waals surface area (Å²) in [6.07, 6.45) is 0. The number of para-hydroxylation sites is 1. The smallest absolute Gasteiger partial charge is 0.260 e. The number of aryl methyl sites for hydroxylation is 1. The first-order valence-electron chi connectivity index (χ1n) is 10.3. The van der Waals surface area contributed by atoms with Crippen molar-refractivity contribution in [2.75, 3.05) is 43.5 Å². The highest BCUT2D eigenvalue weighted by atomic mass is 35.5. The summed E-state index contributed by atoms with van der Waals surface area (Å²) < 4.78 is 6.83. The fourth-order valence-corrected chi connectivity index (χ4v) is 3.85. The van der Waals surface area contributed by atoms with Crippen LogP contribution in [0.15, 0.2) is 54.6 Å². The molecule has 4 rings (SSSR count). The Morgan fingerprint density at radius 2 is 1.62 bits per heavy atom. The molecular formula is C23H24ClN5O3. The molecule has 2 aromatic carbocycles. The van der Waals surface area contributed by atoms with Crippen LogP contribution in [0.1, 0.15) is 16.1 Å². The van der Waals surface area contributed by atoms with Gasteiger partial charge < -0.3 is 15.4 Å². The summed E-state index contributed by atoms with van der Waals surface area (Å²) in [7, 11) is 0. The third kappa shape index (κ3) is 5.16. The van der Waals surface area contributed by atoms with E-state index < -0.39 is 0 Å². The van der Waals surface area contributed by atoms with Gasteiger partial charge in [-0.05, 0) is 43.3 Å². The Bertz CT molecular complexity index is 1090. The van der Waals surface area contributed by atoms with Crippen LogP contribution in [0.4, 0.5) is 11.4 Å². The van der Waals surface area contributed by atoms with Crippen LogP contribution >= 0.6 is 11.6 Å². The molecule has 2 heterocycles. The molecule has 8 nitrogen and oxygen atoms in total. The molecule has 0 atom stereocenters. The third-order valence-electron chi connectivity index (χ3n) is 5.13. The molecule has 1 aliphatic rings. The molecule has 32 heavy (non-hydrogen) atoms. The average molecular weight is 454 g/mol. The van der Waals surface area contributed by atoms with Crippen molar-refractivity contribution >= 4 is 34.8 Å². The van der Waals surface area contributed by atoms with Gasteiger partial charge in [0.25, 0.3) is 5.91 Å². The minimum absolute atomic E-state index is 0.0839. The predicted octanol–water partition coefficient (Wildman–Crippen LogP) is 3.36. The second-order valence-corrected chi connectivity index (χ2v) is 7.82. The zero-order valence-corrected chi connectivity index (χ0v) is 18.4. The number of carbonyl (C=O) groups is 2. The number of anilines is 2. The molecule has 1 aliphatic heterocycles. The monoisotopic (exact) mass is 453 g/mol. The molecule has 9 heteroatoms. The average Bonchev–Trinajstić information content (AvgIpc) is 3.10. The number of rotatable bonds is 6. The van der Waals surface area contributed by atoms with Gasteiger partial charge in [-0.1, -0.05) is 29.8 Å². The molecule has 0 radical (unpaired) electrons. The first-order chi connectivity index (χ1) is 15.5. The topological polar surface area (TPSA) is 88.5 Å². The van der Waals surface area contributed by atoms with E-state index in [9.17, 15) is 9.59 Å². The maximum absolute atomic E-state index is 12.9. The number of nitrogens with zero attached hydrogens (tertiary/aromatic N) is 3. The summed E-state index contributed by atoms with van der Waals surface area (Å²) in [6, 6.07) is 16.3. The van der Waals surface area contributed by atoms with Crippen LogP contribution in [0.5, 0.6) is 0 Å². The summed E-state index contributed by atoms with van der Waals surface area (Å²) in [5.74, 6) is -0.432. The van der Waals surface area contributed by atoms with Gasteiger partial charge >= 0.3 is 0 Å². The molecule has 0 spiro atoms. The number of ether oxygens (including phenoxy) is 1. The first-order valence-corrected chi connectivity index (χ1v) is 10.7. The highest BCUT2D eigenvalue weighted by Crippen LogP contribution is 2.25. The van der Waals surface area contributed by atoms with Crippen LogP contribution in [0.3, 0.4) is 0 Å². The van der Waals surface area contributed by atoms with Gasteiger partial charge in [-0.3, -0.25) is 14.5 Å². The lowest BCUT2D eigenvalue weighted by atomic mass is 10.2. The Morgan fingerprint density at radius 1 is 1.00 bits per heavy atom. The summed E-state index contributed by atoms with van der Waals surface area (Å²) in [5.41, 5.74) is 2.87. The van der Waals surface area contributed by atoms with Crippen molar-refractivity contribution < 1.29 is 14.3 Å². The minimum Gasteiger partial charge on any atom is -0.379 e. The van der Waals surface area contributed by atoms with Gasteiger partial charge in [0, 0.05) is 24.5 Å². The summed E-state index contributed by atoms with van der Waals surface area (Å²) in [6.45, 7) is 4.87. The molecule has 3 aromatic rings. The number of nitrogens with one attached hydrogen (secondary N) is 2. The van der Waals surface area contributed by atoms with E-state index in [-0.39, 0.29) is 17.0 Å². The fourth-order valence-electron chi connectivity index (χ4n) is 3.49. The third-order valence-corrected chi connectivity index (χ3v) is 5.48. The van der Waals surface area contributed by atoms with Crippen molar-refractivity contribution in [1.29, 1.82) is 0 Å². The lowest BCUT2D eigenvalue weighted by molar-refractivity contribution is -0.118. The van der Waals surface area contributed by atoms with E-state index in [0.29, 0.717) is 42.4 Å². The van der Waals surface area contributed by atoms with Gasteiger partial charge in [0.2, 0.25) is 5.91 Å². The first kappa shape index (κ1) is 22.0. The number of carbonyl (C=O) groups excluding carboxylic acids is 2. The van der Waals surface area contributed by atoms with E-state index in [4.69, 9.17) is 16.3 Å². The fraction of sp³-hybridized carbons (Fsp3) is 0.261. The van der Waals surface area contributed by atoms with Crippen molar-refractivity contribution in [2.45, 2.75) is 6.92 Å². The van der Waals surface area contributed by atoms with Gasteiger partial charge in [0.1, 0.15) is 10.7 Å². The van der Waals surface area contributed by atoms with Crippen LogP contribution in [0.25, 0.3) is 5.69 Å². The highest BCUT2D eigenvalue weighted by Gasteiger charge is 2.21. The molecule has 0 aliphatic carbocycles. The molecule has 0 bridgehead atoms. The van der Waals surface area contributed by atoms with E-state index in [1.54, 1.807) is 35.9 Å². The van der Waals surface area contributed by atoms with E-state index in [0.717, 1.165) is 18.8 Å². The maximum atomic E-state index is 12.9. The Kier molecular flexibility index (Phi) is 6.84. The van der Waals surface area contributed by atoms with E-state index in [1.165, 1.54) is 0 Å². The Morgan fingerprint density at radius 3 is 2.28 bits per heavy atom. The maximum Gasteiger partial charge on any atom is 0.260 e. The van der Waals surface area contributed by atoms with Crippen LogP contribution in [-0.2, 0) is 9.53 Å². The number of amides is 2. The zero-order chi connectivity index (χ0) is 22.5. The summed E-state index contributed by atoms with van der Waals surface area (Å²) in [4.78, 5) is 27.1. The zero-order valence-electron chi connectivity index (χ0n) is 17.7. The number of benzene rings is 2. The Labute approximate surface area is 191 Å². The quantitative estimate of drug-likeness (QED) is 0.597. The largest absolute Gasteiger partial charge is 0.379 e.